The van der Waals surface area contributed by atoms with E-state index < -0.39 is 21.7 Å². The molecule has 0 atom stereocenters. The van der Waals surface area contributed by atoms with Crippen LogP contribution in [0.4, 0.5) is 5.69 Å². The van der Waals surface area contributed by atoms with E-state index in [2.05, 4.69) is 5.32 Å². The number of thiophene rings is 1. The van der Waals surface area contributed by atoms with E-state index in [4.69, 9.17) is 5.11 Å². The predicted molar refractivity (Wildman–Crippen MR) is 69.0 cm³/mol. The molecule has 0 aliphatic carbocycles. The smallest absolute Gasteiger partial charge is 0.348 e. The fourth-order valence-corrected chi connectivity index (χ4v) is 2.64. The first-order valence-corrected chi connectivity index (χ1v) is 7.93. The fraction of sp³-hybridized carbons (Fsp3) is 0.400. The van der Waals surface area contributed by atoms with Crippen LogP contribution in [0.5, 0.6) is 0 Å². The molecule has 0 unspecified atom stereocenters. The van der Waals surface area contributed by atoms with Gasteiger partial charge in [0.1, 0.15) is 14.7 Å². The first-order valence-electron chi connectivity index (χ1n) is 4.99. The van der Waals surface area contributed by atoms with Crippen LogP contribution in [0.15, 0.2) is 5.38 Å². The van der Waals surface area contributed by atoms with E-state index >= 15 is 0 Å². The number of nitrogens with one attached hydrogen (secondary N) is 1. The zero-order valence-electron chi connectivity index (χ0n) is 9.89. The van der Waals surface area contributed by atoms with Gasteiger partial charge in [-0.1, -0.05) is 0 Å². The Kier molecular flexibility index (Phi) is 4.47. The lowest BCUT2D eigenvalue weighted by atomic mass is 10.2. The van der Waals surface area contributed by atoms with Crippen molar-refractivity contribution in [3.63, 3.8) is 0 Å². The minimum Gasteiger partial charge on any atom is -0.477 e. The number of amides is 1. The molecular weight excluding hydrogens is 278 g/mol. The van der Waals surface area contributed by atoms with E-state index in [-0.39, 0.29) is 22.7 Å². The van der Waals surface area contributed by atoms with Gasteiger partial charge < -0.3 is 10.4 Å². The summed E-state index contributed by atoms with van der Waals surface area (Å²) >= 11 is 1.02. The molecule has 0 aromatic carbocycles. The Morgan fingerprint density at radius 1 is 1.44 bits per heavy atom. The zero-order chi connectivity index (χ0) is 13.9. The Balaban J connectivity index is 2.76. The molecule has 1 heterocycles. The van der Waals surface area contributed by atoms with Crippen molar-refractivity contribution in [3.8, 4) is 0 Å². The molecule has 2 N–H and O–H groups in total. The van der Waals surface area contributed by atoms with Crippen molar-refractivity contribution in [3.05, 3.63) is 15.8 Å². The number of hydrogen-bond acceptors (Lipinski definition) is 5. The van der Waals surface area contributed by atoms with Gasteiger partial charge in [-0.05, 0) is 17.9 Å². The molecule has 1 rings (SSSR count). The number of hydrogen-bond donors (Lipinski definition) is 2. The Hall–Kier alpha value is -1.41. The van der Waals surface area contributed by atoms with E-state index in [1.165, 1.54) is 0 Å². The highest BCUT2D eigenvalue weighted by Crippen LogP contribution is 2.27. The highest BCUT2D eigenvalue weighted by molar-refractivity contribution is 7.90. The molecule has 8 heteroatoms. The Labute approximate surface area is 109 Å². The molecule has 1 aromatic rings. The van der Waals surface area contributed by atoms with E-state index in [1.54, 1.807) is 12.3 Å². The number of carboxylic acids is 1. The maximum atomic E-state index is 11.5. The number of sulfone groups is 1. The van der Waals surface area contributed by atoms with Crippen molar-refractivity contribution < 1.29 is 23.1 Å². The zero-order valence-corrected chi connectivity index (χ0v) is 11.5. The summed E-state index contributed by atoms with van der Waals surface area (Å²) in [7, 11) is -3.21. The van der Waals surface area contributed by atoms with Gasteiger partial charge in [0, 0.05) is 12.7 Å². The van der Waals surface area contributed by atoms with Crippen LogP contribution in [0.25, 0.3) is 0 Å². The average Bonchev–Trinajstić information content (AvgIpc) is 2.57. The van der Waals surface area contributed by atoms with Gasteiger partial charge in [0.15, 0.2) is 0 Å². The molecule has 0 aliphatic heterocycles. The fourth-order valence-electron chi connectivity index (χ4n) is 1.24. The Morgan fingerprint density at radius 3 is 2.56 bits per heavy atom. The standard InChI is InChI=1S/C10H13NO5S2/c1-6-5-17-9(10(13)14)8(6)11-7(12)3-4-18(2,15)16/h5H,3-4H2,1-2H3,(H,11,12)(H,13,14). The molecule has 0 aliphatic rings. The van der Waals surface area contributed by atoms with Crippen molar-refractivity contribution in [2.75, 3.05) is 17.3 Å². The molecule has 0 spiro atoms. The third-order valence-corrected chi connectivity index (χ3v) is 4.17. The predicted octanol–water partition coefficient (Wildman–Crippen LogP) is 1.13. The van der Waals surface area contributed by atoms with Crippen LogP contribution in [0.1, 0.15) is 21.7 Å². The lowest BCUT2D eigenvalue weighted by Gasteiger charge is -2.05. The molecule has 1 amide bonds. The maximum Gasteiger partial charge on any atom is 0.348 e. The molecule has 0 saturated carbocycles. The van der Waals surface area contributed by atoms with Crippen molar-refractivity contribution in [1.29, 1.82) is 0 Å². The summed E-state index contributed by atoms with van der Waals surface area (Å²) < 4.78 is 21.8. The third kappa shape index (κ3) is 4.11. The highest BCUT2D eigenvalue weighted by Gasteiger charge is 2.17. The molecule has 6 nitrogen and oxygen atoms in total. The Morgan fingerprint density at radius 2 is 2.06 bits per heavy atom. The average molecular weight is 291 g/mol. The lowest BCUT2D eigenvalue weighted by Crippen LogP contribution is -2.17. The second kappa shape index (κ2) is 5.49. The maximum absolute atomic E-state index is 11.5. The number of aryl methyl sites for hydroxylation is 1. The molecule has 1 aromatic heterocycles. The molecule has 0 radical (unpaired) electrons. The Bertz CT molecular complexity index is 573. The summed E-state index contributed by atoms with van der Waals surface area (Å²) in [5.74, 6) is -1.89. The van der Waals surface area contributed by atoms with Gasteiger partial charge in [-0.25, -0.2) is 13.2 Å². The monoisotopic (exact) mass is 291 g/mol. The second-order valence-electron chi connectivity index (χ2n) is 3.86. The number of carbonyl (C=O) groups excluding carboxylic acids is 1. The van der Waals surface area contributed by atoms with Crippen LogP contribution in [0.3, 0.4) is 0 Å². The number of anilines is 1. The van der Waals surface area contributed by atoms with Gasteiger partial charge in [-0.2, -0.15) is 0 Å². The summed E-state index contributed by atoms with van der Waals surface area (Å²) in [6.45, 7) is 1.68. The first-order chi connectivity index (χ1) is 8.20. The summed E-state index contributed by atoms with van der Waals surface area (Å²) in [6.07, 6.45) is 0.853. The number of carboxylic acid groups (broad SMARTS) is 1. The lowest BCUT2D eigenvalue weighted by molar-refractivity contribution is -0.115. The van der Waals surface area contributed by atoms with Crippen molar-refractivity contribution in [2.45, 2.75) is 13.3 Å². The molecule has 0 saturated heterocycles. The van der Waals surface area contributed by atoms with E-state index in [0.29, 0.717) is 5.56 Å². The van der Waals surface area contributed by atoms with Gasteiger partial charge in [0.05, 0.1) is 11.4 Å². The molecule has 0 fully saturated rings. The SMILES string of the molecule is Cc1csc(C(=O)O)c1NC(=O)CCS(C)(=O)=O. The van der Waals surface area contributed by atoms with Crippen molar-refractivity contribution in [1.82, 2.24) is 0 Å². The van der Waals surface area contributed by atoms with Crippen LogP contribution < -0.4 is 5.32 Å². The summed E-state index contributed by atoms with van der Waals surface area (Å²) in [6, 6.07) is 0. The van der Waals surface area contributed by atoms with Gasteiger partial charge in [-0.3, -0.25) is 4.79 Å². The summed E-state index contributed by atoms with van der Waals surface area (Å²) in [5.41, 5.74) is 0.885. The molecule has 0 bridgehead atoms. The normalized spacial score (nSPS) is 11.2. The van der Waals surface area contributed by atoms with E-state index in [1.807, 2.05) is 0 Å². The van der Waals surface area contributed by atoms with Crippen LogP contribution in [0.2, 0.25) is 0 Å². The second-order valence-corrected chi connectivity index (χ2v) is 7.00. The summed E-state index contributed by atoms with van der Waals surface area (Å²) in [4.78, 5) is 22.5. The minimum atomic E-state index is -3.21. The van der Waals surface area contributed by atoms with Gasteiger partial charge in [0.25, 0.3) is 0 Å². The largest absolute Gasteiger partial charge is 0.477 e. The van der Waals surface area contributed by atoms with Crippen molar-refractivity contribution >= 4 is 38.7 Å². The first kappa shape index (κ1) is 14.7. The van der Waals surface area contributed by atoms with Gasteiger partial charge >= 0.3 is 5.97 Å². The molecule has 18 heavy (non-hydrogen) atoms. The van der Waals surface area contributed by atoms with Gasteiger partial charge in [-0.15, -0.1) is 11.3 Å². The highest BCUT2D eigenvalue weighted by atomic mass is 32.2. The van der Waals surface area contributed by atoms with Crippen LogP contribution >= 0.6 is 11.3 Å². The molecule has 100 valence electrons. The van der Waals surface area contributed by atoms with E-state index in [0.717, 1.165) is 17.6 Å². The summed E-state index contributed by atoms with van der Waals surface area (Å²) in [5, 5.41) is 13.0. The van der Waals surface area contributed by atoms with Crippen LogP contribution in [-0.4, -0.2) is 37.4 Å². The van der Waals surface area contributed by atoms with Crippen molar-refractivity contribution in [2.24, 2.45) is 0 Å². The van der Waals surface area contributed by atoms with Crippen LogP contribution in [-0.2, 0) is 14.6 Å². The molecular formula is C10H13NO5S2. The third-order valence-electron chi connectivity index (χ3n) is 2.13. The number of carbonyl (C=O) groups is 2. The van der Waals surface area contributed by atoms with Crippen LogP contribution in [0, 0.1) is 6.92 Å². The quantitative estimate of drug-likeness (QED) is 0.847. The van der Waals surface area contributed by atoms with Gasteiger partial charge in [0.2, 0.25) is 5.91 Å². The topological polar surface area (TPSA) is 101 Å². The number of rotatable bonds is 5. The van der Waals surface area contributed by atoms with E-state index in [9.17, 15) is 18.0 Å². The number of aromatic carboxylic acids is 1. The minimum absolute atomic E-state index is 0.0419.